The van der Waals surface area contributed by atoms with E-state index in [0.29, 0.717) is 11.4 Å². The van der Waals surface area contributed by atoms with Crippen molar-refractivity contribution in [3.05, 3.63) is 59.3 Å². The number of hydrogen-bond acceptors (Lipinski definition) is 3. The second-order valence-corrected chi connectivity index (χ2v) is 4.23. The molecule has 1 aromatic heterocycles. The van der Waals surface area contributed by atoms with E-state index in [1.54, 1.807) is 18.3 Å². The second-order valence-electron chi connectivity index (χ2n) is 4.23. The van der Waals surface area contributed by atoms with Gasteiger partial charge in [0.15, 0.2) is 0 Å². The van der Waals surface area contributed by atoms with E-state index in [1.807, 2.05) is 12.1 Å². The normalized spacial score (nSPS) is 11.6. The van der Waals surface area contributed by atoms with Gasteiger partial charge in [-0.3, -0.25) is 0 Å². The topological polar surface area (TPSA) is 48.7 Å². The van der Waals surface area contributed by atoms with Gasteiger partial charge < -0.3 is 5.32 Å². The molecule has 3 heteroatoms. The molecule has 18 heavy (non-hydrogen) atoms. The van der Waals surface area contributed by atoms with Gasteiger partial charge in [0, 0.05) is 6.20 Å². The monoisotopic (exact) mass is 237 g/mol. The van der Waals surface area contributed by atoms with Crippen LogP contribution in [0.15, 0.2) is 42.6 Å². The fourth-order valence-corrected chi connectivity index (χ4v) is 1.97. The first-order valence-corrected chi connectivity index (χ1v) is 5.89. The Bertz CT molecular complexity index is 584. The Morgan fingerprint density at radius 3 is 2.72 bits per heavy atom. The first kappa shape index (κ1) is 12.1. The van der Waals surface area contributed by atoms with Crippen LogP contribution >= 0.6 is 0 Å². The standard InChI is InChI=1S/C15H15N3/c1-11-6-3-4-8-14(11)12(2)18-15-13(10-16)7-5-9-17-15/h3-9,12H,1-2H3,(H,17,18). The molecule has 3 nitrogen and oxygen atoms in total. The average Bonchev–Trinajstić information content (AvgIpc) is 2.39. The summed E-state index contributed by atoms with van der Waals surface area (Å²) in [6.07, 6.45) is 1.69. The number of aryl methyl sites for hydroxylation is 1. The molecule has 0 radical (unpaired) electrons. The van der Waals surface area contributed by atoms with Crippen molar-refractivity contribution in [3.8, 4) is 6.07 Å². The van der Waals surface area contributed by atoms with Gasteiger partial charge in [0.2, 0.25) is 0 Å². The lowest BCUT2D eigenvalue weighted by molar-refractivity contribution is 0.864. The number of nitrogens with zero attached hydrogens (tertiary/aromatic N) is 2. The maximum absolute atomic E-state index is 9.03. The smallest absolute Gasteiger partial charge is 0.144 e. The summed E-state index contributed by atoms with van der Waals surface area (Å²) in [5.41, 5.74) is 3.01. The third-order valence-electron chi connectivity index (χ3n) is 2.94. The Morgan fingerprint density at radius 2 is 2.00 bits per heavy atom. The van der Waals surface area contributed by atoms with E-state index in [1.165, 1.54) is 11.1 Å². The van der Waals surface area contributed by atoms with E-state index in [4.69, 9.17) is 5.26 Å². The highest BCUT2D eigenvalue weighted by Crippen LogP contribution is 2.22. The van der Waals surface area contributed by atoms with Gasteiger partial charge in [-0.2, -0.15) is 5.26 Å². The van der Waals surface area contributed by atoms with Crippen LogP contribution in [0.4, 0.5) is 5.82 Å². The van der Waals surface area contributed by atoms with Gasteiger partial charge in [0.25, 0.3) is 0 Å². The van der Waals surface area contributed by atoms with Crippen molar-refractivity contribution >= 4 is 5.82 Å². The van der Waals surface area contributed by atoms with Crippen LogP contribution in [-0.4, -0.2) is 4.98 Å². The largest absolute Gasteiger partial charge is 0.362 e. The fraction of sp³-hybridized carbons (Fsp3) is 0.200. The molecule has 0 saturated carbocycles. The fourth-order valence-electron chi connectivity index (χ4n) is 1.97. The number of aromatic nitrogens is 1. The zero-order valence-electron chi connectivity index (χ0n) is 10.5. The van der Waals surface area contributed by atoms with E-state index >= 15 is 0 Å². The van der Waals surface area contributed by atoms with Gasteiger partial charge in [-0.25, -0.2) is 4.98 Å². The summed E-state index contributed by atoms with van der Waals surface area (Å²) >= 11 is 0. The maximum atomic E-state index is 9.03. The van der Waals surface area contributed by atoms with Crippen molar-refractivity contribution in [3.63, 3.8) is 0 Å². The van der Waals surface area contributed by atoms with Crippen LogP contribution in [0.2, 0.25) is 0 Å². The minimum atomic E-state index is 0.119. The molecular weight excluding hydrogens is 222 g/mol. The van der Waals surface area contributed by atoms with Gasteiger partial charge in [0.05, 0.1) is 11.6 Å². The van der Waals surface area contributed by atoms with Gasteiger partial charge in [-0.15, -0.1) is 0 Å². The van der Waals surface area contributed by atoms with Crippen LogP contribution in [0.3, 0.4) is 0 Å². The molecule has 0 amide bonds. The zero-order valence-corrected chi connectivity index (χ0v) is 10.5. The van der Waals surface area contributed by atoms with Gasteiger partial charge in [-0.1, -0.05) is 24.3 Å². The molecule has 1 heterocycles. The number of hydrogen-bond donors (Lipinski definition) is 1. The summed E-state index contributed by atoms with van der Waals surface area (Å²) in [4.78, 5) is 4.21. The van der Waals surface area contributed by atoms with E-state index < -0.39 is 0 Å². The number of pyridine rings is 1. The zero-order chi connectivity index (χ0) is 13.0. The first-order valence-electron chi connectivity index (χ1n) is 5.89. The molecule has 2 rings (SSSR count). The summed E-state index contributed by atoms with van der Waals surface area (Å²) in [6, 6.07) is 14.0. The van der Waals surface area contributed by atoms with Gasteiger partial charge in [-0.05, 0) is 37.1 Å². The van der Waals surface area contributed by atoms with Crippen molar-refractivity contribution in [2.24, 2.45) is 0 Å². The van der Waals surface area contributed by atoms with Crippen LogP contribution in [0.1, 0.15) is 29.7 Å². The van der Waals surface area contributed by atoms with Crippen LogP contribution in [0.5, 0.6) is 0 Å². The average molecular weight is 237 g/mol. The third kappa shape index (κ3) is 2.49. The molecule has 0 saturated heterocycles. The molecule has 1 atom stereocenters. The van der Waals surface area contributed by atoms with E-state index in [0.717, 1.165) is 0 Å². The lowest BCUT2D eigenvalue weighted by atomic mass is 10.0. The van der Waals surface area contributed by atoms with Crippen molar-refractivity contribution in [2.75, 3.05) is 5.32 Å². The number of nitrogens with one attached hydrogen (secondary N) is 1. The Kier molecular flexibility index (Phi) is 3.59. The van der Waals surface area contributed by atoms with E-state index in [2.05, 4.69) is 42.4 Å². The predicted molar refractivity (Wildman–Crippen MR) is 72.2 cm³/mol. The van der Waals surface area contributed by atoms with Crippen LogP contribution in [0.25, 0.3) is 0 Å². The van der Waals surface area contributed by atoms with E-state index in [-0.39, 0.29) is 6.04 Å². The van der Waals surface area contributed by atoms with Gasteiger partial charge in [0.1, 0.15) is 11.9 Å². The van der Waals surface area contributed by atoms with Crippen molar-refractivity contribution in [1.29, 1.82) is 5.26 Å². The summed E-state index contributed by atoms with van der Waals surface area (Å²) in [5.74, 6) is 0.635. The lowest BCUT2D eigenvalue weighted by Gasteiger charge is -2.17. The SMILES string of the molecule is Cc1ccccc1C(C)Nc1ncccc1C#N. The number of rotatable bonds is 3. The molecule has 0 spiro atoms. The van der Waals surface area contributed by atoms with Crippen LogP contribution < -0.4 is 5.32 Å². The Labute approximate surface area is 107 Å². The first-order chi connectivity index (χ1) is 8.72. The molecule has 2 aromatic rings. The molecule has 0 bridgehead atoms. The molecule has 90 valence electrons. The highest BCUT2D eigenvalue weighted by atomic mass is 15.0. The second kappa shape index (κ2) is 5.33. The summed E-state index contributed by atoms with van der Waals surface area (Å²) in [7, 11) is 0. The molecule has 1 aromatic carbocycles. The molecule has 0 aliphatic rings. The number of benzene rings is 1. The van der Waals surface area contributed by atoms with Crippen LogP contribution in [-0.2, 0) is 0 Å². The third-order valence-corrected chi connectivity index (χ3v) is 2.94. The minimum absolute atomic E-state index is 0.119. The highest BCUT2D eigenvalue weighted by Gasteiger charge is 2.10. The molecular formula is C15H15N3. The lowest BCUT2D eigenvalue weighted by Crippen LogP contribution is -2.10. The van der Waals surface area contributed by atoms with Crippen molar-refractivity contribution in [1.82, 2.24) is 4.98 Å². The Morgan fingerprint density at radius 1 is 1.22 bits per heavy atom. The molecule has 1 unspecified atom stereocenters. The van der Waals surface area contributed by atoms with Crippen LogP contribution in [0, 0.1) is 18.3 Å². The summed E-state index contributed by atoms with van der Waals surface area (Å²) in [6.45, 7) is 4.15. The van der Waals surface area contributed by atoms with Gasteiger partial charge >= 0.3 is 0 Å². The van der Waals surface area contributed by atoms with Crippen molar-refractivity contribution in [2.45, 2.75) is 19.9 Å². The quantitative estimate of drug-likeness (QED) is 0.889. The molecule has 0 fully saturated rings. The van der Waals surface area contributed by atoms with Crippen molar-refractivity contribution < 1.29 is 0 Å². The minimum Gasteiger partial charge on any atom is -0.362 e. The number of nitriles is 1. The number of anilines is 1. The Balaban J connectivity index is 2.25. The van der Waals surface area contributed by atoms with E-state index in [9.17, 15) is 0 Å². The molecule has 1 N–H and O–H groups in total. The molecule has 0 aliphatic carbocycles. The molecule has 0 aliphatic heterocycles. The highest BCUT2D eigenvalue weighted by molar-refractivity contribution is 5.52. The Hall–Kier alpha value is -2.34. The maximum Gasteiger partial charge on any atom is 0.144 e. The predicted octanol–water partition coefficient (Wildman–Crippen LogP) is 3.43. The summed E-state index contributed by atoms with van der Waals surface area (Å²) in [5, 5.41) is 12.3. The summed E-state index contributed by atoms with van der Waals surface area (Å²) < 4.78 is 0.